The molecule has 4 aromatic rings. The number of nitro benzene ring substituents is 1. The topological polar surface area (TPSA) is 141 Å². The second kappa shape index (κ2) is 8.89. The molecule has 2 aromatic heterocycles. The molecule has 1 aliphatic carbocycles. The van der Waals surface area contributed by atoms with Gasteiger partial charge in [0.05, 0.1) is 22.2 Å². The third-order valence-electron chi connectivity index (χ3n) is 6.04. The van der Waals surface area contributed by atoms with Gasteiger partial charge in [-0.1, -0.05) is 43.5 Å². The molecule has 0 unspecified atom stereocenters. The van der Waals surface area contributed by atoms with Crippen LogP contribution in [0.4, 0.5) is 11.5 Å². The van der Waals surface area contributed by atoms with Crippen LogP contribution in [-0.2, 0) is 0 Å². The van der Waals surface area contributed by atoms with Crippen molar-refractivity contribution in [1.29, 1.82) is 0 Å². The number of nitrogens with one attached hydrogen (secondary N) is 1. The third-order valence-corrected chi connectivity index (χ3v) is 6.04. The molecule has 1 saturated carbocycles. The lowest BCUT2D eigenvalue weighted by molar-refractivity contribution is -0.384. The molecule has 0 atom stereocenters. The fourth-order valence-electron chi connectivity index (χ4n) is 4.34. The molecule has 3 N–H and O–H groups in total. The molecule has 1 aliphatic rings. The van der Waals surface area contributed by atoms with E-state index in [2.05, 4.69) is 20.4 Å². The first-order chi connectivity index (χ1) is 16.5. The molecule has 34 heavy (non-hydrogen) atoms. The van der Waals surface area contributed by atoms with Crippen LogP contribution >= 0.6 is 0 Å². The van der Waals surface area contributed by atoms with Crippen LogP contribution in [0.3, 0.4) is 0 Å². The number of anilines is 1. The molecule has 0 aliphatic heterocycles. The van der Waals surface area contributed by atoms with Crippen molar-refractivity contribution in [3.8, 4) is 0 Å². The number of rotatable bonds is 5. The SMILES string of the molecule is Nc1c(C(=O)NC2CCCCC2)c2nc3ccccc3nc2n1/N=C/c1cccc([N+](=O)[O-])c1. The number of para-hydroxylation sites is 2. The summed E-state index contributed by atoms with van der Waals surface area (Å²) >= 11 is 0. The van der Waals surface area contributed by atoms with Crippen molar-refractivity contribution >= 4 is 45.8 Å². The lowest BCUT2D eigenvalue weighted by Crippen LogP contribution is -2.36. The Labute approximate surface area is 194 Å². The summed E-state index contributed by atoms with van der Waals surface area (Å²) in [5.74, 6) is -0.191. The number of nitro groups is 1. The standard InChI is InChI=1S/C24H23N7O3/c25-22-20(24(32)27-16-8-2-1-3-9-16)21-23(29-19-12-5-4-11-18(19)28-21)30(22)26-14-15-7-6-10-17(13-15)31(33)34/h4-7,10-14,16H,1-3,8-9,25H2,(H,27,32)/b26-14+. The maximum absolute atomic E-state index is 13.3. The van der Waals surface area contributed by atoms with Crippen LogP contribution in [0.1, 0.15) is 48.0 Å². The minimum Gasteiger partial charge on any atom is -0.383 e. The van der Waals surface area contributed by atoms with Gasteiger partial charge >= 0.3 is 0 Å². The second-order valence-corrected chi connectivity index (χ2v) is 8.36. The van der Waals surface area contributed by atoms with E-state index in [-0.39, 0.29) is 29.0 Å². The quantitative estimate of drug-likeness (QED) is 0.263. The van der Waals surface area contributed by atoms with Gasteiger partial charge in [0.1, 0.15) is 16.9 Å². The Morgan fingerprint density at radius 1 is 1.12 bits per heavy atom. The highest BCUT2D eigenvalue weighted by atomic mass is 16.6. The van der Waals surface area contributed by atoms with E-state index < -0.39 is 4.92 Å². The Hall–Kier alpha value is -4.34. The van der Waals surface area contributed by atoms with Gasteiger partial charge in [-0.3, -0.25) is 14.9 Å². The predicted molar refractivity (Wildman–Crippen MR) is 130 cm³/mol. The van der Waals surface area contributed by atoms with Gasteiger partial charge in [-0.2, -0.15) is 9.78 Å². The molecule has 2 heterocycles. The van der Waals surface area contributed by atoms with Gasteiger partial charge in [-0.25, -0.2) is 9.97 Å². The first-order valence-corrected chi connectivity index (χ1v) is 11.2. The van der Waals surface area contributed by atoms with E-state index in [4.69, 9.17) is 5.73 Å². The number of carbonyl (C=O) groups excluding carboxylic acids is 1. The van der Waals surface area contributed by atoms with Crippen molar-refractivity contribution in [3.63, 3.8) is 0 Å². The molecule has 2 aromatic carbocycles. The van der Waals surface area contributed by atoms with Crippen molar-refractivity contribution in [1.82, 2.24) is 20.0 Å². The molecule has 5 rings (SSSR count). The van der Waals surface area contributed by atoms with Crippen LogP contribution < -0.4 is 11.1 Å². The summed E-state index contributed by atoms with van der Waals surface area (Å²) in [7, 11) is 0. The van der Waals surface area contributed by atoms with E-state index >= 15 is 0 Å². The molecule has 0 bridgehead atoms. The predicted octanol–water partition coefficient (Wildman–Crippen LogP) is 4.02. The summed E-state index contributed by atoms with van der Waals surface area (Å²) in [5, 5.41) is 18.6. The van der Waals surface area contributed by atoms with Crippen molar-refractivity contribution < 1.29 is 9.72 Å². The van der Waals surface area contributed by atoms with Gasteiger partial charge in [-0.15, -0.1) is 0 Å². The lowest BCUT2D eigenvalue weighted by atomic mass is 9.95. The Balaban J connectivity index is 1.61. The monoisotopic (exact) mass is 457 g/mol. The summed E-state index contributed by atoms with van der Waals surface area (Å²) in [6, 6.07) is 13.5. The average Bonchev–Trinajstić information content (AvgIpc) is 3.12. The van der Waals surface area contributed by atoms with Crippen LogP contribution in [0.2, 0.25) is 0 Å². The largest absolute Gasteiger partial charge is 0.383 e. The van der Waals surface area contributed by atoms with Crippen LogP contribution in [0.5, 0.6) is 0 Å². The highest BCUT2D eigenvalue weighted by Gasteiger charge is 2.26. The van der Waals surface area contributed by atoms with Gasteiger partial charge in [0, 0.05) is 23.7 Å². The number of non-ortho nitro benzene ring substituents is 1. The van der Waals surface area contributed by atoms with Gasteiger partial charge in [0.25, 0.3) is 11.6 Å². The number of hydrogen-bond acceptors (Lipinski definition) is 7. The van der Waals surface area contributed by atoms with Crippen molar-refractivity contribution in [2.75, 3.05) is 5.73 Å². The minimum absolute atomic E-state index is 0.0485. The number of nitrogen functional groups attached to an aromatic ring is 1. The van der Waals surface area contributed by atoms with Gasteiger partial charge in [0.15, 0.2) is 5.65 Å². The van der Waals surface area contributed by atoms with Gasteiger partial charge in [0.2, 0.25) is 0 Å². The Kier molecular flexibility index (Phi) is 5.62. The highest BCUT2D eigenvalue weighted by molar-refractivity contribution is 6.10. The zero-order valence-corrected chi connectivity index (χ0v) is 18.3. The number of aromatic nitrogens is 3. The van der Waals surface area contributed by atoms with Crippen LogP contribution in [0.15, 0.2) is 53.6 Å². The number of fused-ring (bicyclic) bond motifs is 2. The van der Waals surface area contributed by atoms with Crippen LogP contribution in [0.25, 0.3) is 22.2 Å². The van der Waals surface area contributed by atoms with Crippen LogP contribution in [0, 0.1) is 10.1 Å². The molecule has 0 saturated heterocycles. The average molecular weight is 457 g/mol. The first-order valence-electron chi connectivity index (χ1n) is 11.2. The Morgan fingerprint density at radius 2 is 1.85 bits per heavy atom. The maximum atomic E-state index is 13.3. The summed E-state index contributed by atoms with van der Waals surface area (Å²) < 4.78 is 1.36. The summed E-state index contributed by atoms with van der Waals surface area (Å²) in [5.41, 5.74) is 9.10. The zero-order chi connectivity index (χ0) is 23.7. The summed E-state index contributed by atoms with van der Waals surface area (Å²) in [6.07, 6.45) is 6.66. The Bertz CT molecular complexity index is 1440. The van der Waals surface area contributed by atoms with Crippen molar-refractivity contribution in [2.45, 2.75) is 38.1 Å². The van der Waals surface area contributed by atoms with Crippen LogP contribution in [-0.4, -0.2) is 37.7 Å². The van der Waals surface area contributed by atoms with E-state index in [1.54, 1.807) is 12.1 Å². The number of nitrogens with zero attached hydrogens (tertiary/aromatic N) is 5. The van der Waals surface area contributed by atoms with Gasteiger partial charge < -0.3 is 11.1 Å². The molecule has 0 spiro atoms. The smallest absolute Gasteiger partial charge is 0.270 e. The minimum atomic E-state index is -0.470. The number of hydrogen-bond donors (Lipinski definition) is 2. The third kappa shape index (κ3) is 4.05. The normalized spacial score (nSPS) is 14.7. The van der Waals surface area contributed by atoms with Crippen molar-refractivity contribution in [3.05, 3.63) is 69.8 Å². The number of amides is 1. The van der Waals surface area contributed by atoms with E-state index in [1.165, 1.54) is 29.4 Å². The number of benzene rings is 2. The molecule has 1 fully saturated rings. The van der Waals surface area contributed by atoms with E-state index in [0.29, 0.717) is 27.8 Å². The summed E-state index contributed by atoms with van der Waals surface area (Å²) in [6.45, 7) is 0. The molecular formula is C24H23N7O3. The molecule has 10 heteroatoms. The number of nitrogens with two attached hydrogens (primary N) is 1. The zero-order valence-electron chi connectivity index (χ0n) is 18.3. The first kappa shape index (κ1) is 21.5. The molecule has 0 radical (unpaired) electrons. The van der Waals surface area contributed by atoms with E-state index in [0.717, 1.165) is 25.7 Å². The fraction of sp³-hybridized carbons (Fsp3) is 0.250. The lowest BCUT2D eigenvalue weighted by Gasteiger charge is -2.22. The molecular weight excluding hydrogens is 434 g/mol. The maximum Gasteiger partial charge on any atom is 0.270 e. The fourth-order valence-corrected chi connectivity index (χ4v) is 4.34. The highest BCUT2D eigenvalue weighted by Crippen LogP contribution is 2.28. The van der Waals surface area contributed by atoms with Gasteiger partial charge in [-0.05, 0) is 25.0 Å². The Morgan fingerprint density at radius 3 is 2.59 bits per heavy atom. The molecule has 172 valence electrons. The van der Waals surface area contributed by atoms with Crippen molar-refractivity contribution in [2.24, 2.45) is 5.10 Å². The molecule has 10 nitrogen and oxygen atoms in total. The number of carbonyl (C=O) groups is 1. The van der Waals surface area contributed by atoms with E-state index in [1.807, 2.05) is 24.3 Å². The molecule has 1 amide bonds. The van der Waals surface area contributed by atoms with E-state index in [9.17, 15) is 14.9 Å². The second-order valence-electron chi connectivity index (χ2n) is 8.36. The summed E-state index contributed by atoms with van der Waals surface area (Å²) in [4.78, 5) is 33.3.